The van der Waals surface area contributed by atoms with Crippen LogP contribution in [0.1, 0.15) is 47.3 Å². The summed E-state index contributed by atoms with van der Waals surface area (Å²) in [5.74, 6) is 0.553. The quantitative estimate of drug-likeness (QED) is 0.814. The highest BCUT2D eigenvalue weighted by Crippen LogP contribution is 2.40. The summed E-state index contributed by atoms with van der Waals surface area (Å²) in [7, 11) is 1.63. The molecule has 3 rings (SSSR count). The molecule has 21 heavy (non-hydrogen) atoms. The minimum absolute atomic E-state index is 0.187. The SMILES string of the molecule is COc1c(C)c(C)cc2c(=O)c(C(C)=O)cn(C3CC3)c12. The molecule has 1 saturated carbocycles. The molecule has 1 aliphatic rings. The van der Waals surface area contributed by atoms with Gasteiger partial charge in [0.2, 0.25) is 0 Å². The maximum absolute atomic E-state index is 12.6. The minimum atomic E-state index is -0.198. The predicted molar refractivity (Wildman–Crippen MR) is 82.5 cm³/mol. The first-order valence-electron chi connectivity index (χ1n) is 7.19. The molecule has 110 valence electrons. The molecule has 0 unspecified atom stereocenters. The van der Waals surface area contributed by atoms with Crippen LogP contribution in [0, 0.1) is 13.8 Å². The number of methoxy groups -OCH3 is 1. The average molecular weight is 285 g/mol. The van der Waals surface area contributed by atoms with Gasteiger partial charge in [-0.05, 0) is 50.8 Å². The number of hydrogen-bond acceptors (Lipinski definition) is 3. The number of rotatable bonds is 3. The largest absolute Gasteiger partial charge is 0.494 e. The van der Waals surface area contributed by atoms with Gasteiger partial charge in [0.05, 0.1) is 23.6 Å². The van der Waals surface area contributed by atoms with Gasteiger partial charge in [-0.15, -0.1) is 0 Å². The van der Waals surface area contributed by atoms with E-state index in [9.17, 15) is 9.59 Å². The third-order valence-corrected chi connectivity index (χ3v) is 4.30. The molecule has 1 aliphatic carbocycles. The van der Waals surface area contributed by atoms with E-state index >= 15 is 0 Å². The molecule has 0 atom stereocenters. The Morgan fingerprint density at radius 3 is 2.52 bits per heavy atom. The van der Waals surface area contributed by atoms with Gasteiger partial charge in [-0.3, -0.25) is 9.59 Å². The van der Waals surface area contributed by atoms with Crippen LogP contribution in [-0.4, -0.2) is 17.5 Å². The number of aryl methyl sites for hydroxylation is 1. The lowest BCUT2D eigenvalue weighted by molar-refractivity contribution is 0.101. The van der Waals surface area contributed by atoms with E-state index in [2.05, 4.69) is 4.57 Å². The maximum atomic E-state index is 12.6. The van der Waals surface area contributed by atoms with E-state index in [0.29, 0.717) is 11.4 Å². The summed E-state index contributed by atoms with van der Waals surface area (Å²) >= 11 is 0. The highest BCUT2D eigenvalue weighted by atomic mass is 16.5. The van der Waals surface area contributed by atoms with Gasteiger partial charge in [-0.2, -0.15) is 0 Å². The fourth-order valence-electron chi connectivity index (χ4n) is 2.85. The summed E-state index contributed by atoms with van der Waals surface area (Å²) in [6, 6.07) is 2.24. The summed E-state index contributed by atoms with van der Waals surface area (Å²) in [5.41, 5.74) is 2.92. The van der Waals surface area contributed by atoms with Crippen LogP contribution in [0.15, 0.2) is 17.1 Å². The number of fused-ring (bicyclic) bond motifs is 1. The van der Waals surface area contributed by atoms with E-state index in [0.717, 1.165) is 35.2 Å². The number of Topliss-reactive ketones (excluding diaryl/α,β-unsaturated/α-hetero) is 1. The standard InChI is InChI=1S/C17H19NO3/c1-9-7-13-15(17(21-4)10(9)2)18(12-5-6-12)8-14(11(3)19)16(13)20/h7-8,12H,5-6H2,1-4H3. The van der Waals surface area contributed by atoms with Crippen LogP contribution >= 0.6 is 0 Å². The second-order valence-corrected chi connectivity index (χ2v) is 5.81. The molecular formula is C17H19NO3. The van der Waals surface area contributed by atoms with Crippen LogP contribution < -0.4 is 10.2 Å². The van der Waals surface area contributed by atoms with Crippen LogP contribution in [-0.2, 0) is 0 Å². The van der Waals surface area contributed by atoms with Crippen molar-refractivity contribution in [2.45, 2.75) is 39.7 Å². The lowest BCUT2D eigenvalue weighted by Crippen LogP contribution is -2.18. The average Bonchev–Trinajstić information content (AvgIpc) is 3.26. The highest BCUT2D eigenvalue weighted by molar-refractivity contribution is 5.98. The molecule has 1 fully saturated rings. The lowest BCUT2D eigenvalue weighted by Gasteiger charge is -2.18. The first-order valence-corrected chi connectivity index (χ1v) is 7.19. The third-order valence-electron chi connectivity index (χ3n) is 4.30. The molecule has 0 saturated heterocycles. The Labute approximate surface area is 123 Å². The fourth-order valence-corrected chi connectivity index (χ4v) is 2.85. The monoisotopic (exact) mass is 285 g/mol. The Balaban J connectivity index is 2.52. The zero-order chi connectivity index (χ0) is 15.3. The Hall–Kier alpha value is -2.10. The van der Waals surface area contributed by atoms with E-state index in [1.165, 1.54) is 6.92 Å². The minimum Gasteiger partial charge on any atom is -0.494 e. The van der Waals surface area contributed by atoms with Gasteiger partial charge in [0.15, 0.2) is 11.2 Å². The molecule has 4 heteroatoms. The van der Waals surface area contributed by atoms with Crippen molar-refractivity contribution < 1.29 is 9.53 Å². The summed E-state index contributed by atoms with van der Waals surface area (Å²) in [6.45, 7) is 5.39. The molecular weight excluding hydrogens is 266 g/mol. The van der Waals surface area contributed by atoms with Crippen LogP contribution in [0.3, 0.4) is 0 Å². The molecule has 0 radical (unpaired) electrons. The first-order chi connectivity index (χ1) is 9.95. The first kappa shape index (κ1) is 13.9. The third kappa shape index (κ3) is 2.06. The number of aromatic nitrogens is 1. The van der Waals surface area contributed by atoms with Gasteiger partial charge in [0.1, 0.15) is 5.75 Å². The Kier molecular flexibility index (Phi) is 3.12. The molecule has 2 aromatic rings. The van der Waals surface area contributed by atoms with Crippen molar-refractivity contribution in [3.05, 3.63) is 39.2 Å². The Bertz CT molecular complexity index is 813. The lowest BCUT2D eigenvalue weighted by atomic mass is 10.0. The second kappa shape index (κ2) is 4.72. The van der Waals surface area contributed by atoms with Crippen molar-refractivity contribution in [3.63, 3.8) is 0 Å². The van der Waals surface area contributed by atoms with Crippen LogP contribution in [0.25, 0.3) is 10.9 Å². The van der Waals surface area contributed by atoms with Crippen molar-refractivity contribution in [1.29, 1.82) is 0 Å². The predicted octanol–water partition coefficient (Wildman–Crippen LogP) is 3.16. The van der Waals surface area contributed by atoms with Crippen LogP contribution in [0.5, 0.6) is 5.75 Å². The van der Waals surface area contributed by atoms with Crippen LogP contribution in [0.2, 0.25) is 0 Å². The molecule has 0 aliphatic heterocycles. The Morgan fingerprint density at radius 2 is 2.00 bits per heavy atom. The molecule has 0 N–H and O–H groups in total. The molecule has 0 bridgehead atoms. The second-order valence-electron chi connectivity index (χ2n) is 5.81. The van der Waals surface area contributed by atoms with Crippen molar-refractivity contribution in [2.75, 3.05) is 7.11 Å². The number of ketones is 1. The number of carbonyl (C=O) groups is 1. The van der Waals surface area contributed by atoms with E-state index in [1.54, 1.807) is 13.3 Å². The van der Waals surface area contributed by atoms with Gasteiger partial charge in [-0.25, -0.2) is 0 Å². The van der Waals surface area contributed by atoms with Crippen LogP contribution in [0.4, 0.5) is 0 Å². The molecule has 1 aromatic heterocycles. The molecule has 1 heterocycles. The van der Waals surface area contributed by atoms with Gasteiger partial charge in [0.25, 0.3) is 0 Å². The molecule has 1 aromatic carbocycles. The summed E-state index contributed by atoms with van der Waals surface area (Å²) < 4.78 is 7.62. The topological polar surface area (TPSA) is 48.3 Å². The molecule has 4 nitrogen and oxygen atoms in total. The van der Waals surface area contributed by atoms with Crippen molar-refractivity contribution >= 4 is 16.7 Å². The zero-order valence-corrected chi connectivity index (χ0v) is 12.8. The highest BCUT2D eigenvalue weighted by Gasteiger charge is 2.28. The van der Waals surface area contributed by atoms with E-state index in [1.807, 2.05) is 19.9 Å². The van der Waals surface area contributed by atoms with Gasteiger partial charge < -0.3 is 9.30 Å². The van der Waals surface area contributed by atoms with Gasteiger partial charge >= 0.3 is 0 Å². The number of hydrogen-bond donors (Lipinski definition) is 0. The summed E-state index contributed by atoms with van der Waals surface area (Å²) in [4.78, 5) is 24.4. The fraction of sp³-hybridized carbons (Fsp3) is 0.412. The Morgan fingerprint density at radius 1 is 1.33 bits per heavy atom. The van der Waals surface area contributed by atoms with E-state index in [-0.39, 0.29) is 16.8 Å². The zero-order valence-electron chi connectivity index (χ0n) is 12.8. The normalized spacial score (nSPS) is 14.5. The van der Waals surface area contributed by atoms with Crippen molar-refractivity contribution in [1.82, 2.24) is 4.57 Å². The number of carbonyl (C=O) groups excluding carboxylic acids is 1. The summed E-state index contributed by atoms with van der Waals surface area (Å²) in [5, 5.41) is 0.578. The number of benzene rings is 1. The van der Waals surface area contributed by atoms with E-state index in [4.69, 9.17) is 4.74 Å². The number of ether oxygens (including phenoxy) is 1. The maximum Gasteiger partial charge on any atom is 0.200 e. The smallest absolute Gasteiger partial charge is 0.200 e. The van der Waals surface area contributed by atoms with E-state index < -0.39 is 0 Å². The van der Waals surface area contributed by atoms with Crippen molar-refractivity contribution in [3.8, 4) is 5.75 Å². The summed E-state index contributed by atoms with van der Waals surface area (Å²) in [6.07, 6.45) is 3.86. The number of pyridine rings is 1. The molecule has 0 amide bonds. The molecule has 0 spiro atoms. The van der Waals surface area contributed by atoms with Gasteiger partial charge in [-0.1, -0.05) is 0 Å². The van der Waals surface area contributed by atoms with Gasteiger partial charge in [0, 0.05) is 12.2 Å². The van der Waals surface area contributed by atoms with Crippen molar-refractivity contribution in [2.24, 2.45) is 0 Å². The number of nitrogens with zero attached hydrogens (tertiary/aromatic N) is 1.